The van der Waals surface area contributed by atoms with Crippen molar-refractivity contribution in [3.8, 4) is 23.0 Å². The lowest BCUT2D eigenvalue weighted by molar-refractivity contribution is -0.143. The maximum Gasteiger partial charge on any atom is 0.306 e. The van der Waals surface area contributed by atoms with Crippen LogP contribution in [0.15, 0.2) is 41.2 Å². The molecule has 2 aromatic carbocycles. The molecule has 3 rings (SSSR count). The number of methoxy groups -OCH3 is 3. The molecule has 0 aliphatic rings. The van der Waals surface area contributed by atoms with Crippen molar-refractivity contribution in [3.63, 3.8) is 0 Å². The van der Waals surface area contributed by atoms with Gasteiger partial charge < -0.3 is 29.0 Å². The van der Waals surface area contributed by atoms with Gasteiger partial charge >= 0.3 is 5.97 Å². The summed E-state index contributed by atoms with van der Waals surface area (Å²) in [6, 6.07) is 10.1. The third-order valence-electron chi connectivity index (χ3n) is 5.07. The van der Waals surface area contributed by atoms with Crippen molar-refractivity contribution >= 4 is 16.9 Å². The lowest BCUT2D eigenvalue weighted by Gasteiger charge is -2.22. The van der Waals surface area contributed by atoms with Crippen molar-refractivity contribution < 1.29 is 28.8 Å². The predicted octanol–water partition coefficient (Wildman–Crippen LogP) is 3.34. The zero-order valence-corrected chi connectivity index (χ0v) is 17.9. The Morgan fingerprint density at radius 2 is 1.68 bits per heavy atom. The average Bonchev–Trinajstić information content (AvgIpc) is 2.77. The van der Waals surface area contributed by atoms with E-state index in [1.165, 1.54) is 21.3 Å². The Hall–Kier alpha value is -3.68. The molecule has 0 aliphatic carbocycles. The van der Waals surface area contributed by atoms with E-state index in [1.54, 1.807) is 43.3 Å². The molecule has 1 unspecified atom stereocenters. The molecule has 0 saturated heterocycles. The molecule has 8 nitrogen and oxygen atoms in total. The monoisotopic (exact) mass is 427 g/mol. The van der Waals surface area contributed by atoms with Gasteiger partial charge in [-0.15, -0.1) is 0 Å². The molecule has 0 bridgehead atoms. The number of aromatic hydroxyl groups is 1. The number of ether oxygens (including phenoxy) is 4. The second kappa shape index (κ2) is 9.42. The first-order valence-electron chi connectivity index (χ1n) is 9.74. The highest BCUT2D eigenvalue weighted by atomic mass is 16.5. The minimum Gasteiger partial charge on any atom is -0.507 e. The lowest BCUT2D eigenvalue weighted by atomic mass is 9.87. The predicted molar refractivity (Wildman–Crippen MR) is 115 cm³/mol. The van der Waals surface area contributed by atoms with Crippen molar-refractivity contribution in [1.29, 1.82) is 0 Å². The molecule has 164 valence electrons. The number of para-hydroxylation sites is 1. The molecule has 0 fully saturated rings. The summed E-state index contributed by atoms with van der Waals surface area (Å²) in [7, 11) is 4.44. The van der Waals surface area contributed by atoms with E-state index in [4.69, 9.17) is 18.9 Å². The zero-order chi connectivity index (χ0) is 22.5. The van der Waals surface area contributed by atoms with Crippen LogP contribution < -0.4 is 19.8 Å². The summed E-state index contributed by atoms with van der Waals surface area (Å²) < 4.78 is 21.4. The first kappa shape index (κ1) is 22.0. The maximum atomic E-state index is 13.0. The Morgan fingerprint density at radius 1 is 1.03 bits per heavy atom. The quantitative estimate of drug-likeness (QED) is 0.531. The third kappa shape index (κ3) is 4.28. The van der Waals surface area contributed by atoms with Crippen molar-refractivity contribution in [3.05, 3.63) is 57.9 Å². The number of hydrogen-bond acceptors (Lipinski definition) is 7. The highest BCUT2D eigenvalue weighted by Crippen LogP contribution is 2.43. The third-order valence-corrected chi connectivity index (χ3v) is 5.07. The summed E-state index contributed by atoms with van der Waals surface area (Å²) in [5.41, 5.74) is 0.492. The number of fused-ring (bicyclic) bond motifs is 1. The number of carbonyl (C=O) groups is 1. The van der Waals surface area contributed by atoms with E-state index < -0.39 is 17.4 Å². The van der Waals surface area contributed by atoms with Gasteiger partial charge in [-0.2, -0.15) is 0 Å². The standard InChI is InChI=1S/C23H25NO7/c1-5-31-20(25)11-15(14-10-18(29-3)19(30-4)12-17(14)28-2)21-22(26)13-8-6-7-9-16(13)24-23(21)27/h6-10,12,15H,5,11H2,1-4H3,(H2,24,26,27). The zero-order valence-electron chi connectivity index (χ0n) is 17.9. The minimum atomic E-state index is -0.859. The van der Waals surface area contributed by atoms with E-state index in [0.717, 1.165) is 0 Å². The van der Waals surface area contributed by atoms with Crippen LogP contribution in [0.1, 0.15) is 30.4 Å². The van der Waals surface area contributed by atoms with Gasteiger partial charge in [0.15, 0.2) is 11.5 Å². The molecule has 31 heavy (non-hydrogen) atoms. The summed E-state index contributed by atoms with van der Waals surface area (Å²) in [6.45, 7) is 1.89. The van der Waals surface area contributed by atoms with Crippen LogP contribution in [-0.4, -0.2) is 44.0 Å². The van der Waals surface area contributed by atoms with E-state index >= 15 is 0 Å². The molecule has 0 saturated carbocycles. The lowest BCUT2D eigenvalue weighted by Crippen LogP contribution is -2.21. The molecule has 0 aliphatic heterocycles. The molecule has 0 amide bonds. The largest absolute Gasteiger partial charge is 0.507 e. The van der Waals surface area contributed by atoms with Gasteiger partial charge in [0.2, 0.25) is 0 Å². The van der Waals surface area contributed by atoms with Gasteiger partial charge in [0.05, 0.1) is 45.4 Å². The number of esters is 1. The van der Waals surface area contributed by atoms with Crippen molar-refractivity contribution in [1.82, 2.24) is 4.98 Å². The second-order valence-electron chi connectivity index (χ2n) is 6.77. The first-order valence-corrected chi connectivity index (χ1v) is 9.74. The normalized spacial score (nSPS) is 11.7. The van der Waals surface area contributed by atoms with Crippen molar-refractivity contribution in [2.75, 3.05) is 27.9 Å². The maximum absolute atomic E-state index is 13.0. The summed E-state index contributed by atoms with van der Waals surface area (Å²) in [6.07, 6.45) is -0.186. The fourth-order valence-corrected chi connectivity index (χ4v) is 3.64. The van der Waals surface area contributed by atoms with Gasteiger partial charge in [0, 0.05) is 22.9 Å². The number of aromatic amines is 1. The van der Waals surface area contributed by atoms with Crippen molar-refractivity contribution in [2.45, 2.75) is 19.3 Å². The SMILES string of the molecule is CCOC(=O)CC(c1cc(OC)c(OC)cc1OC)c1c(O)c2ccccc2[nH]c1=O. The van der Waals surface area contributed by atoms with Crippen LogP contribution in [0, 0.1) is 0 Å². The first-order chi connectivity index (χ1) is 14.9. The topological polar surface area (TPSA) is 107 Å². The molecule has 8 heteroatoms. The van der Waals surface area contributed by atoms with Crippen LogP contribution in [0.3, 0.4) is 0 Å². The van der Waals surface area contributed by atoms with E-state index in [0.29, 0.717) is 33.7 Å². The summed E-state index contributed by atoms with van der Waals surface area (Å²) >= 11 is 0. The van der Waals surface area contributed by atoms with E-state index in [2.05, 4.69) is 4.98 Å². The highest BCUT2D eigenvalue weighted by molar-refractivity contribution is 5.86. The number of pyridine rings is 1. The molecule has 1 aromatic heterocycles. The molecular weight excluding hydrogens is 402 g/mol. The van der Waals surface area contributed by atoms with E-state index in [-0.39, 0.29) is 24.3 Å². The molecular formula is C23H25NO7. The summed E-state index contributed by atoms with van der Waals surface area (Å²) in [4.78, 5) is 28.3. The number of benzene rings is 2. The van der Waals surface area contributed by atoms with Gasteiger partial charge in [0.1, 0.15) is 11.5 Å². The van der Waals surface area contributed by atoms with Gasteiger partial charge in [-0.25, -0.2) is 0 Å². The van der Waals surface area contributed by atoms with Crippen LogP contribution in [0.5, 0.6) is 23.0 Å². The average molecular weight is 427 g/mol. The highest BCUT2D eigenvalue weighted by Gasteiger charge is 2.30. The summed E-state index contributed by atoms with van der Waals surface area (Å²) in [5, 5.41) is 11.5. The van der Waals surface area contributed by atoms with Crippen LogP contribution >= 0.6 is 0 Å². The Labute approximate surface area is 179 Å². The molecule has 0 spiro atoms. The van der Waals surface area contributed by atoms with Crippen molar-refractivity contribution in [2.24, 2.45) is 0 Å². The Bertz CT molecular complexity index is 1150. The van der Waals surface area contributed by atoms with E-state index in [9.17, 15) is 14.7 Å². The van der Waals surface area contributed by atoms with Crippen LogP contribution in [0.4, 0.5) is 0 Å². The van der Waals surface area contributed by atoms with Gasteiger partial charge in [-0.05, 0) is 25.1 Å². The number of carbonyl (C=O) groups excluding carboxylic acids is 1. The summed E-state index contributed by atoms with van der Waals surface area (Å²) in [5.74, 6) is -0.388. The number of rotatable bonds is 8. The van der Waals surface area contributed by atoms with Gasteiger partial charge in [0.25, 0.3) is 5.56 Å². The van der Waals surface area contributed by atoms with Crippen LogP contribution in [0.25, 0.3) is 10.9 Å². The Morgan fingerprint density at radius 3 is 2.32 bits per heavy atom. The molecule has 1 atom stereocenters. The fraction of sp³-hybridized carbons (Fsp3) is 0.304. The molecule has 0 radical (unpaired) electrons. The molecule has 1 heterocycles. The Balaban J connectivity index is 2.30. The van der Waals surface area contributed by atoms with Gasteiger partial charge in [-0.3, -0.25) is 9.59 Å². The van der Waals surface area contributed by atoms with Crippen LogP contribution in [-0.2, 0) is 9.53 Å². The fourth-order valence-electron chi connectivity index (χ4n) is 3.64. The number of hydrogen-bond donors (Lipinski definition) is 2. The number of aromatic nitrogens is 1. The van der Waals surface area contributed by atoms with Crippen LogP contribution in [0.2, 0.25) is 0 Å². The van der Waals surface area contributed by atoms with Gasteiger partial charge in [-0.1, -0.05) is 12.1 Å². The minimum absolute atomic E-state index is 0.0391. The smallest absolute Gasteiger partial charge is 0.306 e. The number of H-pyrrole nitrogens is 1. The second-order valence-corrected chi connectivity index (χ2v) is 6.77. The molecule has 2 N–H and O–H groups in total. The van der Waals surface area contributed by atoms with E-state index in [1.807, 2.05) is 0 Å². The molecule has 3 aromatic rings. The number of nitrogens with one attached hydrogen (secondary N) is 1. The Kier molecular flexibility index (Phi) is 6.69.